The number of amides is 2. The van der Waals surface area contributed by atoms with Gasteiger partial charge in [-0.25, -0.2) is 0 Å². The van der Waals surface area contributed by atoms with Gasteiger partial charge in [0.2, 0.25) is 11.8 Å². The number of rotatable bonds is 7. The second kappa shape index (κ2) is 9.18. The van der Waals surface area contributed by atoms with Crippen LogP contribution in [-0.2, 0) is 9.59 Å². The van der Waals surface area contributed by atoms with Crippen LogP contribution >= 0.6 is 11.8 Å². The van der Waals surface area contributed by atoms with E-state index in [4.69, 9.17) is 0 Å². The summed E-state index contributed by atoms with van der Waals surface area (Å²) in [7, 11) is 1.61. The third-order valence-corrected chi connectivity index (χ3v) is 4.95. The number of anilines is 1. The fraction of sp³-hybridized carbons (Fsp3) is 0.200. The standard InChI is InChI=1S/C20H21N5O2S/c1-15-8-10-16(11-9-15)22-18(26)12-24(2)19(27)13-28-20-23-21-14-25(20)17-6-4-3-5-7-17/h3-11,14H,12-13H2,1-2H3,(H,22,26). The fourth-order valence-corrected chi connectivity index (χ4v) is 3.34. The Balaban J connectivity index is 1.52. The molecule has 0 aliphatic rings. The third kappa shape index (κ3) is 5.20. The van der Waals surface area contributed by atoms with Crippen LogP contribution in [0.5, 0.6) is 0 Å². The van der Waals surface area contributed by atoms with Gasteiger partial charge < -0.3 is 10.2 Å². The lowest BCUT2D eigenvalue weighted by molar-refractivity contribution is -0.131. The van der Waals surface area contributed by atoms with Crippen molar-refractivity contribution in [1.29, 1.82) is 0 Å². The number of nitrogens with zero attached hydrogens (tertiary/aromatic N) is 4. The second-order valence-electron chi connectivity index (χ2n) is 6.27. The summed E-state index contributed by atoms with van der Waals surface area (Å²) in [6.07, 6.45) is 1.61. The van der Waals surface area contributed by atoms with Crippen molar-refractivity contribution < 1.29 is 9.59 Å². The lowest BCUT2D eigenvalue weighted by Crippen LogP contribution is -2.36. The van der Waals surface area contributed by atoms with Crippen LogP contribution in [0.4, 0.5) is 5.69 Å². The lowest BCUT2D eigenvalue weighted by Gasteiger charge is -2.16. The molecule has 2 amide bonds. The highest BCUT2D eigenvalue weighted by Crippen LogP contribution is 2.19. The van der Waals surface area contributed by atoms with Gasteiger partial charge in [-0.15, -0.1) is 10.2 Å². The van der Waals surface area contributed by atoms with Crippen LogP contribution in [0.1, 0.15) is 5.56 Å². The van der Waals surface area contributed by atoms with E-state index in [2.05, 4.69) is 15.5 Å². The molecule has 0 radical (unpaired) electrons. The number of hydrogen-bond acceptors (Lipinski definition) is 5. The SMILES string of the molecule is Cc1ccc(NC(=O)CN(C)C(=O)CSc2nncn2-c2ccccc2)cc1. The molecular formula is C20H21N5O2S. The van der Waals surface area contributed by atoms with Crippen molar-refractivity contribution in [3.05, 3.63) is 66.5 Å². The van der Waals surface area contributed by atoms with Crippen molar-refractivity contribution in [2.45, 2.75) is 12.1 Å². The van der Waals surface area contributed by atoms with E-state index < -0.39 is 0 Å². The molecule has 7 nitrogen and oxygen atoms in total. The van der Waals surface area contributed by atoms with E-state index in [1.165, 1.54) is 16.7 Å². The first kappa shape index (κ1) is 19.6. The molecule has 0 atom stereocenters. The summed E-state index contributed by atoms with van der Waals surface area (Å²) in [6, 6.07) is 17.2. The molecule has 2 aromatic carbocycles. The smallest absolute Gasteiger partial charge is 0.243 e. The molecule has 0 bridgehead atoms. The van der Waals surface area contributed by atoms with Crippen LogP contribution in [0.15, 0.2) is 66.1 Å². The molecule has 28 heavy (non-hydrogen) atoms. The monoisotopic (exact) mass is 395 g/mol. The van der Waals surface area contributed by atoms with Gasteiger partial charge in [0.25, 0.3) is 0 Å². The molecule has 0 saturated carbocycles. The number of aryl methyl sites for hydroxylation is 1. The average Bonchev–Trinajstić information content (AvgIpc) is 3.17. The number of hydrogen-bond donors (Lipinski definition) is 1. The summed E-state index contributed by atoms with van der Waals surface area (Å²) in [6.45, 7) is 1.97. The van der Waals surface area contributed by atoms with Crippen molar-refractivity contribution in [3.8, 4) is 5.69 Å². The normalized spacial score (nSPS) is 10.5. The van der Waals surface area contributed by atoms with Crippen LogP contribution in [0.2, 0.25) is 0 Å². The Kier molecular flexibility index (Phi) is 6.44. The maximum atomic E-state index is 12.4. The number of benzene rings is 2. The van der Waals surface area contributed by atoms with Gasteiger partial charge in [-0.1, -0.05) is 47.7 Å². The van der Waals surface area contributed by atoms with E-state index in [9.17, 15) is 9.59 Å². The Hall–Kier alpha value is -3.13. The van der Waals surface area contributed by atoms with Crippen LogP contribution < -0.4 is 5.32 Å². The predicted molar refractivity (Wildman–Crippen MR) is 110 cm³/mol. The minimum atomic E-state index is -0.239. The quantitative estimate of drug-likeness (QED) is 0.622. The van der Waals surface area contributed by atoms with Crippen molar-refractivity contribution in [2.75, 3.05) is 24.7 Å². The molecule has 0 aliphatic heterocycles. The molecule has 1 aromatic heterocycles. The Morgan fingerprint density at radius 2 is 1.82 bits per heavy atom. The largest absolute Gasteiger partial charge is 0.336 e. The number of likely N-dealkylation sites (N-methyl/N-ethyl adjacent to an activating group) is 1. The third-order valence-electron chi connectivity index (χ3n) is 4.02. The van der Waals surface area contributed by atoms with Gasteiger partial charge in [-0.3, -0.25) is 14.2 Å². The van der Waals surface area contributed by atoms with E-state index in [1.807, 2.05) is 66.1 Å². The molecule has 1 heterocycles. The van der Waals surface area contributed by atoms with Crippen LogP contribution in [0.3, 0.4) is 0 Å². The molecule has 0 fully saturated rings. The predicted octanol–water partition coefficient (Wildman–Crippen LogP) is 2.76. The van der Waals surface area contributed by atoms with Crippen LogP contribution in [-0.4, -0.2) is 50.8 Å². The zero-order valence-electron chi connectivity index (χ0n) is 15.7. The summed E-state index contributed by atoms with van der Waals surface area (Å²) in [5, 5.41) is 11.4. The lowest BCUT2D eigenvalue weighted by atomic mass is 10.2. The molecule has 0 spiro atoms. The molecule has 1 N–H and O–H groups in total. The Morgan fingerprint density at radius 1 is 1.11 bits per heavy atom. The van der Waals surface area contributed by atoms with Gasteiger partial charge in [0.05, 0.1) is 12.3 Å². The zero-order chi connectivity index (χ0) is 19.9. The highest BCUT2D eigenvalue weighted by atomic mass is 32.2. The van der Waals surface area contributed by atoms with Gasteiger partial charge in [-0.05, 0) is 31.2 Å². The molecule has 0 aliphatic carbocycles. The molecule has 0 unspecified atom stereocenters. The van der Waals surface area contributed by atoms with E-state index in [1.54, 1.807) is 13.4 Å². The van der Waals surface area contributed by atoms with Crippen molar-refractivity contribution in [1.82, 2.24) is 19.7 Å². The minimum Gasteiger partial charge on any atom is -0.336 e. The highest BCUT2D eigenvalue weighted by molar-refractivity contribution is 7.99. The molecule has 0 saturated heterocycles. The summed E-state index contributed by atoms with van der Waals surface area (Å²) in [5.74, 6) is -0.233. The molecule has 3 rings (SSSR count). The summed E-state index contributed by atoms with van der Waals surface area (Å²) in [5.41, 5.74) is 2.75. The Morgan fingerprint density at radius 3 is 2.54 bits per heavy atom. The van der Waals surface area contributed by atoms with Crippen molar-refractivity contribution in [2.24, 2.45) is 0 Å². The minimum absolute atomic E-state index is 0.0152. The fourth-order valence-electron chi connectivity index (χ4n) is 2.47. The molecule has 3 aromatic rings. The van der Waals surface area contributed by atoms with E-state index in [0.29, 0.717) is 10.8 Å². The Bertz CT molecular complexity index is 941. The zero-order valence-corrected chi connectivity index (χ0v) is 16.5. The van der Waals surface area contributed by atoms with Gasteiger partial charge in [-0.2, -0.15) is 0 Å². The van der Waals surface area contributed by atoms with E-state index in [0.717, 1.165) is 11.3 Å². The van der Waals surface area contributed by atoms with Crippen LogP contribution in [0.25, 0.3) is 5.69 Å². The maximum Gasteiger partial charge on any atom is 0.243 e. The van der Waals surface area contributed by atoms with Crippen molar-refractivity contribution >= 4 is 29.3 Å². The maximum absolute atomic E-state index is 12.4. The first-order chi connectivity index (χ1) is 13.5. The molecular weight excluding hydrogens is 374 g/mol. The van der Waals surface area contributed by atoms with Gasteiger partial charge in [0.15, 0.2) is 5.16 Å². The summed E-state index contributed by atoms with van der Waals surface area (Å²) in [4.78, 5) is 25.9. The van der Waals surface area contributed by atoms with Crippen LogP contribution in [0, 0.1) is 6.92 Å². The van der Waals surface area contributed by atoms with Gasteiger partial charge in [0, 0.05) is 18.4 Å². The first-order valence-corrected chi connectivity index (χ1v) is 9.70. The van der Waals surface area contributed by atoms with E-state index in [-0.39, 0.29) is 24.1 Å². The molecule has 8 heteroatoms. The summed E-state index contributed by atoms with van der Waals surface area (Å²) < 4.78 is 1.82. The first-order valence-electron chi connectivity index (χ1n) is 8.71. The number of thioether (sulfide) groups is 1. The number of carbonyl (C=O) groups excluding carboxylic acids is 2. The Labute approximate surface area is 167 Å². The van der Waals surface area contributed by atoms with E-state index >= 15 is 0 Å². The molecule has 144 valence electrons. The second-order valence-corrected chi connectivity index (χ2v) is 7.21. The number of carbonyl (C=O) groups is 2. The van der Waals surface area contributed by atoms with Gasteiger partial charge >= 0.3 is 0 Å². The van der Waals surface area contributed by atoms with Gasteiger partial charge in [0.1, 0.15) is 6.33 Å². The number of aromatic nitrogens is 3. The van der Waals surface area contributed by atoms with Crippen molar-refractivity contribution in [3.63, 3.8) is 0 Å². The average molecular weight is 395 g/mol. The summed E-state index contributed by atoms with van der Waals surface area (Å²) >= 11 is 1.28. The highest BCUT2D eigenvalue weighted by Gasteiger charge is 2.15. The topological polar surface area (TPSA) is 80.1 Å². The number of para-hydroxylation sites is 1. The number of nitrogens with one attached hydrogen (secondary N) is 1.